The van der Waals surface area contributed by atoms with E-state index in [1.807, 2.05) is 55.5 Å². The summed E-state index contributed by atoms with van der Waals surface area (Å²) in [5.41, 5.74) is 4.63. The van der Waals surface area contributed by atoms with Crippen LogP contribution in [-0.2, 0) is 10.2 Å². The molecule has 0 spiro atoms. The van der Waals surface area contributed by atoms with Crippen LogP contribution in [0.1, 0.15) is 85.3 Å². The summed E-state index contributed by atoms with van der Waals surface area (Å²) in [4.78, 5) is 0. The van der Waals surface area contributed by atoms with E-state index in [0.29, 0.717) is 51.9 Å². The summed E-state index contributed by atoms with van der Waals surface area (Å²) in [6.45, 7) is 10.6. The Bertz CT molecular complexity index is 3270. The summed E-state index contributed by atoms with van der Waals surface area (Å²) in [5.74, 6) is 6.10. The minimum Gasteiger partial charge on any atom is -0.508 e. The molecule has 1 saturated carbocycles. The van der Waals surface area contributed by atoms with Gasteiger partial charge in [-0.05, 0) is 193 Å². The Morgan fingerprint density at radius 3 is 1.41 bits per heavy atom. The van der Waals surface area contributed by atoms with Crippen LogP contribution in [0.15, 0.2) is 176 Å². The second kappa shape index (κ2) is 26.4. The van der Waals surface area contributed by atoms with Crippen LogP contribution < -0.4 is 33.2 Å². The van der Waals surface area contributed by atoms with Crippen molar-refractivity contribution in [1.29, 1.82) is 0 Å². The van der Waals surface area contributed by atoms with Gasteiger partial charge in [-0.1, -0.05) is 74.4 Å². The molecule has 4 N–H and O–H groups in total. The third-order valence-electron chi connectivity index (χ3n) is 14.2. The summed E-state index contributed by atoms with van der Waals surface area (Å²) in [5, 5.41) is 41.2. The van der Waals surface area contributed by atoms with E-state index in [4.69, 9.17) is 37.9 Å². The number of hydrogen-bond donors (Lipinski definition) is 4. The molecule has 0 bridgehead atoms. The average molecular weight is 1070 g/mol. The van der Waals surface area contributed by atoms with E-state index in [-0.39, 0.29) is 75.9 Å². The van der Waals surface area contributed by atoms with Crippen molar-refractivity contribution in [2.24, 2.45) is 0 Å². The van der Waals surface area contributed by atoms with Crippen molar-refractivity contribution in [3.63, 3.8) is 0 Å². The SMILES string of the molecule is C=Cc1c(/C=C(\C)OCCOc2ccc(O)cc2)ccc(OCCOc2ccc(O)cc2)c1C(C)(c1ccc(C2CCCCC2)cc1)c1c(OCCOc2ccc(O)cc2)ccc2cc(OCCOc3ccc(O)cc3)ccc12. The average Bonchev–Trinajstić information content (AvgIpc) is 3.63. The Morgan fingerprint density at radius 2 is 0.911 bits per heavy atom. The molecule has 12 nitrogen and oxygen atoms in total. The number of ether oxygens (including phenoxy) is 8. The number of allylic oxidation sites excluding steroid dienone is 1. The summed E-state index contributed by atoms with van der Waals surface area (Å²) in [6.07, 6.45) is 9.86. The van der Waals surface area contributed by atoms with Gasteiger partial charge in [0.2, 0.25) is 0 Å². The zero-order chi connectivity index (χ0) is 55.0. The zero-order valence-electron chi connectivity index (χ0n) is 44.8. The van der Waals surface area contributed by atoms with Gasteiger partial charge in [-0.15, -0.1) is 0 Å². The molecule has 79 heavy (non-hydrogen) atoms. The first-order chi connectivity index (χ1) is 38.5. The lowest BCUT2D eigenvalue weighted by Crippen LogP contribution is -2.29. The molecule has 8 aromatic carbocycles. The number of phenolic OH excluding ortho intramolecular Hbond substituents is 4. The predicted molar refractivity (Wildman–Crippen MR) is 309 cm³/mol. The number of phenols is 4. The van der Waals surface area contributed by atoms with Gasteiger partial charge in [0.15, 0.2) is 0 Å². The molecule has 0 amide bonds. The Balaban J connectivity index is 1.15. The summed E-state index contributed by atoms with van der Waals surface area (Å²) in [6, 6.07) is 49.6. The first-order valence-electron chi connectivity index (χ1n) is 26.9. The molecular formula is C67H68O12. The zero-order valence-corrected chi connectivity index (χ0v) is 44.8. The van der Waals surface area contributed by atoms with Crippen molar-refractivity contribution in [2.45, 2.75) is 57.3 Å². The highest BCUT2D eigenvalue weighted by molar-refractivity contribution is 5.92. The highest BCUT2D eigenvalue weighted by Gasteiger charge is 2.40. The van der Waals surface area contributed by atoms with Crippen LogP contribution in [0, 0.1) is 0 Å². The largest absolute Gasteiger partial charge is 0.508 e. The van der Waals surface area contributed by atoms with Crippen LogP contribution in [0.25, 0.3) is 22.9 Å². The van der Waals surface area contributed by atoms with E-state index < -0.39 is 5.41 Å². The van der Waals surface area contributed by atoms with E-state index in [1.54, 1.807) is 97.1 Å². The molecule has 1 aliphatic rings. The first-order valence-corrected chi connectivity index (χ1v) is 26.9. The molecule has 0 aliphatic heterocycles. The molecular weight excluding hydrogens is 997 g/mol. The van der Waals surface area contributed by atoms with Gasteiger partial charge in [0.05, 0.1) is 11.2 Å². The van der Waals surface area contributed by atoms with Gasteiger partial charge >= 0.3 is 0 Å². The summed E-state index contributed by atoms with van der Waals surface area (Å²) in [7, 11) is 0. The van der Waals surface area contributed by atoms with E-state index in [0.717, 1.165) is 51.4 Å². The van der Waals surface area contributed by atoms with Crippen molar-refractivity contribution >= 4 is 22.9 Å². The maximum atomic E-state index is 9.93. The van der Waals surface area contributed by atoms with Gasteiger partial charge in [-0.2, -0.15) is 0 Å². The predicted octanol–water partition coefficient (Wildman–Crippen LogP) is 14.5. The maximum Gasteiger partial charge on any atom is 0.124 e. The van der Waals surface area contributed by atoms with Gasteiger partial charge in [-0.25, -0.2) is 0 Å². The lowest BCUT2D eigenvalue weighted by molar-refractivity contribution is 0.159. The second-order valence-corrected chi connectivity index (χ2v) is 19.6. The van der Waals surface area contributed by atoms with Crippen LogP contribution in [0.5, 0.6) is 63.2 Å². The normalized spacial score (nSPS) is 13.5. The Hall–Kier alpha value is -8.90. The number of aromatic hydroxyl groups is 4. The Kier molecular flexibility index (Phi) is 18.4. The molecule has 1 atom stereocenters. The molecule has 8 aromatic rings. The lowest BCUT2D eigenvalue weighted by atomic mass is 9.66. The molecule has 0 aromatic heterocycles. The number of rotatable bonds is 26. The fourth-order valence-corrected chi connectivity index (χ4v) is 10.3. The highest BCUT2D eigenvalue weighted by atomic mass is 16.5. The fraction of sp³-hybridized carbons (Fsp3) is 0.254. The molecule has 1 fully saturated rings. The van der Waals surface area contributed by atoms with Crippen LogP contribution in [0.3, 0.4) is 0 Å². The number of fused-ring (bicyclic) bond motifs is 1. The standard InChI is InChI=1S/C67H68O12/c1-4-61-49(44-46(2)72-36-37-73-56-24-16-52(68)17-25-56)12-34-63(78-42-40-75-58-28-20-54(70)21-29-58)65(61)67(3,51-14-10-48(11-15-51)47-8-6-5-7-9-47)66-62-33-32-60(77-39-38-74-57-26-18-53(69)19-27-57)45-50(62)13-35-64(66)79-43-41-76-59-30-22-55(71)23-31-59/h4,10-35,44-45,47,68-71H,1,5-9,36-43H2,2-3H3/b46-44+. The van der Waals surface area contributed by atoms with Crippen molar-refractivity contribution < 1.29 is 58.3 Å². The third-order valence-corrected chi connectivity index (χ3v) is 14.2. The van der Waals surface area contributed by atoms with Crippen molar-refractivity contribution in [2.75, 3.05) is 52.9 Å². The van der Waals surface area contributed by atoms with E-state index in [2.05, 4.69) is 43.8 Å². The smallest absolute Gasteiger partial charge is 0.124 e. The highest BCUT2D eigenvalue weighted by Crippen LogP contribution is 2.52. The maximum absolute atomic E-state index is 9.93. The number of benzene rings is 8. The van der Waals surface area contributed by atoms with Crippen molar-refractivity contribution in [1.82, 2.24) is 0 Å². The quantitative estimate of drug-likeness (QED) is 0.0232. The van der Waals surface area contributed by atoms with Crippen LogP contribution in [0.4, 0.5) is 0 Å². The summed E-state index contributed by atoms with van der Waals surface area (Å²) < 4.78 is 50.5. The Labute approximate surface area is 462 Å². The van der Waals surface area contributed by atoms with Gasteiger partial charge in [-0.3, -0.25) is 0 Å². The van der Waals surface area contributed by atoms with Gasteiger partial charge in [0, 0.05) is 11.1 Å². The fourth-order valence-electron chi connectivity index (χ4n) is 10.3. The Morgan fingerprint density at radius 1 is 0.481 bits per heavy atom. The van der Waals surface area contributed by atoms with Crippen molar-refractivity contribution in [3.05, 3.63) is 210 Å². The lowest BCUT2D eigenvalue weighted by Gasteiger charge is -2.37. The monoisotopic (exact) mass is 1060 g/mol. The van der Waals surface area contributed by atoms with Crippen molar-refractivity contribution in [3.8, 4) is 63.2 Å². The van der Waals surface area contributed by atoms with E-state index in [1.165, 1.54) is 24.8 Å². The molecule has 0 radical (unpaired) electrons. The summed E-state index contributed by atoms with van der Waals surface area (Å²) >= 11 is 0. The topological polar surface area (TPSA) is 155 Å². The molecule has 408 valence electrons. The van der Waals surface area contributed by atoms with E-state index in [9.17, 15) is 20.4 Å². The molecule has 12 heteroatoms. The van der Waals surface area contributed by atoms with Crippen LogP contribution >= 0.6 is 0 Å². The van der Waals surface area contributed by atoms with E-state index >= 15 is 0 Å². The molecule has 1 aliphatic carbocycles. The minimum atomic E-state index is -1.04. The minimum absolute atomic E-state index is 0.149. The molecule has 0 heterocycles. The molecule has 0 saturated heterocycles. The third kappa shape index (κ3) is 14.2. The van der Waals surface area contributed by atoms with Crippen LogP contribution in [-0.4, -0.2) is 73.3 Å². The molecule has 1 unspecified atom stereocenters. The van der Waals surface area contributed by atoms with Gasteiger partial charge in [0.1, 0.15) is 116 Å². The second-order valence-electron chi connectivity index (χ2n) is 19.6. The van der Waals surface area contributed by atoms with Gasteiger partial charge in [0.25, 0.3) is 0 Å². The van der Waals surface area contributed by atoms with Gasteiger partial charge < -0.3 is 58.3 Å². The molecule has 9 rings (SSSR count). The number of hydrogen-bond acceptors (Lipinski definition) is 12. The first kappa shape index (κ1) is 54.9. The van der Waals surface area contributed by atoms with Crippen LogP contribution in [0.2, 0.25) is 0 Å².